The van der Waals surface area contributed by atoms with Crippen LogP contribution in [0, 0.1) is 0 Å². The van der Waals surface area contributed by atoms with E-state index in [0.717, 1.165) is 25.7 Å². The fourth-order valence-corrected chi connectivity index (χ4v) is 2.94. The first kappa shape index (κ1) is 16.5. The summed E-state index contributed by atoms with van der Waals surface area (Å²) in [4.78, 5) is 14.5. The summed E-state index contributed by atoms with van der Waals surface area (Å²) in [6.07, 6.45) is 4.31. The molecule has 4 nitrogen and oxygen atoms in total. The van der Waals surface area contributed by atoms with Gasteiger partial charge in [-0.05, 0) is 38.0 Å². The third-order valence-corrected chi connectivity index (χ3v) is 3.99. The average Bonchev–Trinajstić information content (AvgIpc) is 3.01. The van der Waals surface area contributed by atoms with Crippen molar-refractivity contribution in [3.8, 4) is 11.5 Å². The van der Waals surface area contributed by atoms with Crippen molar-refractivity contribution < 1.29 is 23.0 Å². The van der Waals surface area contributed by atoms with E-state index in [4.69, 9.17) is 4.74 Å². The minimum Gasteiger partial charge on any atom is -0.493 e. The monoisotopic (exact) mass is 313 g/mol. The second-order valence-electron chi connectivity index (χ2n) is 5.27. The molecule has 2 rings (SSSR count). The number of alkyl halides is 2. The number of benzene rings is 1. The number of nitrogens with zero attached hydrogens (tertiary/aromatic N) is 1. The van der Waals surface area contributed by atoms with Crippen molar-refractivity contribution >= 4 is 5.91 Å². The molecule has 1 fully saturated rings. The summed E-state index contributed by atoms with van der Waals surface area (Å²) in [5.74, 6) is -0.0390. The Morgan fingerprint density at radius 1 is 1.32 bits per heavy atom. The van der Waals surface area contributed by atoms with Gasteiger partial charge in [-0.1, -0.05) is 12.8 Å². The molecule has 0 atom stereocenters. The molecule has 6 heteroatoms. The second kappa shape index (κ2) is 7.42. The summed E-state index contributed by atoms with van der Waals surface area (Å²) >= 11 is 0. The van der Waals surface area contributed by atoms with Gasteiger partial charge < -0.3 is 14.4 Å². The molecule has 22 heavy (non-hydrogen) atoms. The van der Waals surface area contributed by atoms with Crippen molar-refractivity contribution in [2.75, 3.05) is 13.7 Å². The molecule has 1 aliphatic carbocycles. The van der Waals surface area contributed by atoms with Crippen LogP contribution < -0.4 is 9.47 Å². The third-order valence-electron chi connectivity index (χ3n) is 3.99. The van der Waals surface area contributed by atoms with Gasteiger partial charge in [0.05, 0.1) is 7.11 Å². The van der Waals surface area contributed by atoms with Gasteiger partial charge in [0.2, 0.25) is 0 Å². The minimum atomic E-state index is -2.93. The molecule has 0 spiro atoms. The van der Waals surface area contributed by atoms with E-state index >= 15 is 0 Å². The molecule has 1 aromatic rings. The van der Waals surface area contributed by atoms with E-state index in [1.54, 1.807) is 0 Å². The van der Waals surface area contributed by atoms with Crippen LogP contribution in [0.25, 0.3) is 0 Å². The first-order valence-electron chi connectivity index (χ1n) is 7.50. The van der Waals surface area contributed by atoms with Gasteiger partial charge in [-0.15, -0.1) is 0 Å². The second-order valence-corrected chi connectivity index (χ2v) is 5.27. The van der Waals surface area contributed by atoms with Crippen LogP contribution in [-0.2, 0) is 0 Å². The van der Waals surface area contributed by atoms with Crippen LogP contribution >= 0.6 is 0 Å². The van der Waals surface area contributed by atoms with E-state index in [2.05, 4.69) is 4.74 Å². The van der Waals surface area contributed by atoms with E-state index in [-0.39, 0.29) is 23.4 Å². The Labute approximate surface area is 129 Å². The highest BCUT2D eigenvalue weighted by Crippen LogP contribution is 2.31. The van der Waals surface area contributed by atoms with Gasteiger partial charge in [-0.25, -0.2) is 0 Å². The van der Waals surface area contributed by atoms with Crippen molar-refractivity contribution in [1.29, 1.82) is 0 Å². The molecule has 0 aromatic heterocycles. The standard InChI is InChI=1S/C16H21F2NO3/c1-3-19(12-6-4-5-7-12)15(20)11-8-9-13(22-16(17)18)14(10-11)21-2/h8-10,12,16H,3-7H2,1-2H3. The smallest absolute Gasteiger partial charge is 0.387 e. The Kier molecular flexibility index (Phi) is 5.57. The number of ether oxygens (including phenoxy) is 2. The highest BCUT2D eigenvalue weighted by atomic mass is 19.3. The van der Waals surface area contributed by atoms with Crippen LogP contribution in [0.1, 0.15) is 43.0 Å². The number of hydrogen-bond acceptors (Lipinski definition) is 3. The van der Waals surface area contributed by atoms with E-state index in [0.29, 0.717) is 12.1 Å². The zero-order chi connectivity index (χ0) is 16.1. The minimum absolute atomic E-state index is 0.0713. The summed E-state index contributed by atoms with van der Waals surface area (Å²) in [6.45, 7) is -0.357. The van der Waals surface area contributed by atoms with Crippen LogP contribution in [-0.4, -0.2) is 37.1 Å². The molecule has 0 unspecified atom stereocenters. The van der Waals surface area contributed by atoms with Crippen molar-refractivity contribution in [2.24, 2.45) is 0 Å². The molecule has 1 aromatic carbocycles. The topological polar surface area (TPSA) is 38.8 Å². The van der Waals surface area contributed by atoms with Crippen molar-refractivity contribution in [3.05, 3.63) is 23.8 Å². The highest BCUT2D eigenvalue weighted by molar-refractivity contribution is 5.95. The van der Waals surface area contributed by atoms with Crippen LogP contribution in [0.5, 0.6) is 11.5 Å². The Morgan fingerprint density at radius 3 is 2.55 bits per heavy atom. The van der Waals surface area contributed by atoms with Gasteiger partial charge in [0.1, 0.15) is 0 Å². The maximum Gasteiger partial charge on any atom is 0.387 e. The third kappa shape index (κ3) is 3.67. The quantitative estimate of drug-likeness (QED) is 0.804. The molecular weight excluding hydrogens is 292 g/mol. The summed E-state index contributed by atoms with van der Waals surface area (Å²) < 4.78 is 34.1. The lowest BCUT2D eigenvalue weighted by atomic mass is 10.1. The molecule has 1 saturated carbocycles. The predicted octanol–water partition coefficient (Wildman–Crippen LogP) is 3.70. The number of hydrogen-bond donors (Lipinski definition) is 0. The van der Waals surface area contributed by atoms with Crippen LogP contribution in [0.2, 0.25) is 0 Å². The molecule has 122 valence electrons. The van der Waals surface area contributed by atoms with E-state index in [1.165, 1.54) is 25.3 Å². The van der Waals surface area contributed by atoms with Gasteiger partial charge in [0.25, 0.3) is 5.91 Å². The highest BCUT2D eigenvalue weighted by Gasteiger charge is 2.26. The molecule has 1 aliphatic rings. The van der Waals surface area contributed by atoms with E-state index in [1.807, 2.05) is 11.8 Å². The fraction of sp³-hybridized carbons (Fsp3) is 0.562. The zero-order valence-electron chi connectivity index (χ0n) is 12.9. The van der Waals surface area contributed by atoms with E-state index < -0.39 is 6.61 Å². The van der Waals surface area contributed by atoms with Gasteiger partial charge in [0.15, 0.2) is 11.5 Å². The largest absolute Gasteiger partial charge is 0.493 e. The SMILES string of the molecule is CCN(C(=O)c1ccc(OC(F)F)c(OC)c1)C1CCCC1. The number of carbonyl (C=O) groups excluding carboxylic acids is 1. The lowest BCUT2D eigenvalue weighted by Gasteiger charge is -2.28. The van der Waals surface area contributed by atoms with Crippen molar-refractivity contribution in [1.82, 2.24) is 4.90 Å². The van der Waals surface area contributed by atoms with Crippen molar-refractivity contribution in [2.45, 2.75) is 45.3 Å². The van der Waals surface area contributed by atoms with E-state index in [9.17, 15) is 13.6 Å². The van der Waals surface area contributed by atoms with Crippen LogP contribution in [0.4, 0.5) is 8.78 Å². The zero-order valence-corrected chi connectivity index (χ0v) is 12.9. The molecule has 0 bridgehead atoms. The van der Waals surface area contributed by atoms with Gasteiger partial charge in [-0.3, -0.25) is 4.79 Å². The van der Waals surface area contributed by atoms with Gasteiger partial charge >= 0.3 is 6.61 Å². The van der Waals surface area contributed by atoms with Crippen LogP contribution in [0.15, 0.2) is 18.2 Å². The lowest BCUT2D eigenvalue weighted by Crippen LogP contribution is -2.38. The lowest BCUT2D eigenvalue weighted by molar-refractivity contribution is -0.0512. The molecule has 0 N–H and O–H groups in total. The number of methoxy groups -OCH3 is 1. The maximum atomic E-state index is 12.6. The Hall–Kier alpha value is -1.85. The Morgan fingerprint density at radius 2 is 2.00 bits per heavy atom. The average molecular weight is 313 g/mol. The number of halogens is 2. The van der Waals surface area contributed by atoms with Crippen molar-refractivity contribution in [3.63, 3.8) is 0 Å². The molecule has 0 heterocycles. The Bertz CT molecular complexity index is 516. The number of amides is 1. The molecule has 0 saturated heterocycles. The number of rotatable bonds is 6. The molecule has 1 amide bonds. The summed E-state index contributed by atoms with van der Waals surface area (Å²) in [5, 5.41) is 0. The summed E-state index contributed by atoms with van der Waals surface area (Å²) in [7, 11) is 1.36. The summed E-state index contributed by atoms with van der Waals surface area (Å²) in [6, 6.07) is 4.57. The first-order chi connectivity index (χ1) is 10.6. The van der Waals surface area contributed by atoms with Gasteiger partial charge in [0, 0.05) is 18.2 Å². The predicted molar refractivity (Wildman–Crippen MR) is 78.6 cm³/mol. The van der Waals surface area contributed by atoms with Crippen LogP contribution in [0.3, 0.4) is 0 Å². The first-order valence-corrected chi connectivity index (χ1v) is 7.50. The fourth-order valence-electron chi connectivity index (χ4n) is 2.94. The molecule has 0 aliphatic heterocycles. The summed E-state index contributed by atoms with van der Waals surface area (Å²) in [5.41, 5.74) is 0.423. The molecule has 0 radical (unpaired) electrons. The number of carbonyl (C=O) groups is 1. The maximum absolute atomic E-state index is 12.6. The molecular formula is C16H21F2NO3. The normalized spacial score (nSPS) is 15.1. The van der Waals surface area contributed by atoms with Gasteiger partial charge in [-0.2, -0.15) is 8.78 Å². The Balaban J connectivity index is 2.21.